The van der Waals surface area contributed by atoms with Crippen molar-refractivity contribution in [2.24, 2.45) is 0 Å². The summed E-state index contributed by atoms with van der Waals surface area (Å²) in [5.41, 5.74) is 0. The molecule has 0 atom stereocenters. The van der Waals surface area contributed by atoms with Crippen molar-refractivity contribution >= 4 is 21.8 Å². The Morgan fingerprint density at radius 1 is 1.33 bits per heavy atom. The molecule has 4 heteroatoms. The summed E-state index contributed by atoms with van der Waals surface area (Å²) in [4.78, 5) is 0. The molecule has 0 aromatic rings. The fourth-order valence-electron chi connectivity index (χ4n) is 0.727. The van der Waals surface area contributed by atoms with E-state index in [2.05, 4.69) is 10.6 Å². The van der Waals surface area contributed by atoms with Crippen LogP contribution < -0.4 is 0 Å². The maximum Gasteiger partial charge on any atom is 0.0603 e. The predicted molar refractivity (Wildman–Crippen MR) is 43.5 cm³/mol. The van der Waals surface area contributed by atoms with E-state index in [1.54, 1.807) is 10.8 Å². The molecule has 0 aliphatic carbocycles. The van der Waals surface area contributed by atoms with Gasteiger partial charge in [-0.2, -0.15) is 0 Å². The van der Waals surface area contributed by atoms with Crippen LogP contribution in [0.5, 0.6) is 0 Å². The third kappa shape index (κ3) is 2.80. The Hall–Kier alpha value is 0.620. The molecule has 1 aliphatic heterocycles. The molecule has 0 spiro atoms. The van der Waals surface area contributed by atoms with Crippen LogP contribution in [0.3, 0.4) is 0 Å². The quantitative estimate of drug-likeness (QED) is 0.451. The largest absolute Gasteiger partial charge is 0.379 e. The highest BCUT2D eigenvalue weighted by Crippen LogP contribution is 2.22. The molecule has 0 amide bonds. The molecule has 0 aromatic carbocycles. The van der Waals surface area contributed by atoms with Crippen LogP contribution in [0.15, 0.2) is 0 Å². The summed E-state index contributed by atoms with van der Waals surface area (Å²) in [5, 5.41) is 0. The molecule has 54 valence electrons. The van der Waals surface area contributed by atoms with Crippen LogP contribution in [0, 0.1) is 0 Å². The minimum Gasteiger partial charge on any atom is -0.379 e. The highest BCUT2D eigenvalue weighted by Gasteiger charge is 2.08. The van der Waals surface area contributed by atoms with E-state index in [-0.39, 0.29) is 0 Å². The normalized spacial score (nSPS) is 22.3. The highest BCUT2D eigenvalue weighted by atomic mass is 33.1. The lowest BCUT2D eigenvalue weighted by molar-refractivity contribution is 0.0779. The van der Waals surface area contributed by atoms with Crippen LogP contribution in [0.25, 0.3) is 0 Å². The van der Waals surface area contributed by atoms with Crippen molar-refractivity contribution in [3.63, 3.8) is 0 Å². The number of rotatable bonds is 2. The summed E-state index contributed by atoms with van der Waals surface area (Å²) < 4.78 is 7.51. The number of hydrogen-bond acceptors (Lipinski definition) is 4. The van der Waals surface area contributed by atoms with Gasteiger partial charge in [-0.3, -0.25) is 0 Å². The summed E-state index contributed by atoms with van der Waals surface area (Å²) in [6.45, 7) is 3.94. The molecule has 1 rings (SSSR count). The summed E-state index contributed by atoms with van der Waals surface area (Å²) in [6, 6.07) is 0. The Morgan fingerprint density at radius 2 is 2.00 bits per heavy atom. The second-order valence-corrected chi connectivity index (χ2v) is 4.23. The topological polar surface area (TPSA) is 12.5 Å². The second-order valence-electron chi connectivity index (χ2n) is 1.78. The van der Waals surface area contributed by atoms with Gasteiger partial charge in [0.1, 0.15) is 0 Å². The molecule has 1 heterocycles. The first-order valence-corrected chi connectivity index (χ1v) is 5.48. The van der Waals surface area contributed by atoms with E-state index in [9.17, 15) is 0 Å². The summed E-state index contributed by atoms with van der Waals surface area (Å²) in [7, 11) is 3.62. The number of ether oxygens (including phenoxy) is 1. The first-order valence-electron chi connectivity index (χ1n) is 2.97. The fourth-order valence-corrected chi connectivity index (χ4v) is 2.32. The molecule has 1 fully saturated rings. The van der Waals surface area contributed by atoms with Crippen LogP contribution in [-0.2, 0) is 4.74 Å². The maximum absolute atomic E-state index is 5.18. The number of nitrogens with zero attached hydrogens (tertiary/aromatic N) is 1. The monoisotopic (exact) mass is 165 g/mol. The molecular formula is C5H11NOS2. The van der Waals surface area contributed by atoms with Gasteiger partial charge in [0.25, 0.3) is 0 Å². The van der Waals surface area contributed by atoms with Gasteiger partial charge >= 0.3 is 0 Å². The first kappa shape index (κ1) is 7.72. The third-order valence-corrected chi connectivity index (χ3v) is 2.95. The Morgan fingerprint density at radius 3 is 2.56 bits per heavy atom. The van der Waals surface area contributed by atoms with Crippen molar-refractivity contribution in [2.45, 2.75) is 0 Å². The number of hydrogen-bond donors (Lipinski definition) is 0. The zero-order chi connectivity index (χ0) is 6.53. The van der Waals surface area contributed by atoms with Crippen molar-refractivity contribution in [1.29, 1.82) is 0 Å². The molecule has 2 nitrogen and oxygen atoms in total. The van der Waals surface area contributed by atoms with E-state index in [4.69, 9.17) is 4.74 Å². The van der Waals surface area contributed by atoms with E-state index < -0.39 is 0 Å². The van der Waals surface area contributed by atoms with Gasteiger partial charge in [0, 0.05) is 13.1 Å². The Labute approximate surface area is 63.8 Å². The van der Waals surface area contributed by atoms with Crippen LogP contribution in [-0.4, -0.2) is 36.9 Å². The minimum absolute atomic E-state index is 0.896. The van der Waals surface area contributed by atoms with Crippen molar-refractivity contribution in [3.05, 3.63) is 0 Å². The van der Waals surface area contributed by atoms with Gasteiger partial charge in [0.05, 0.1) is 13.2 Å². The van der Waals surface area contributed by atoms with Crippen LogP contribution >= 0.6 is 21.8 Å². The summed E-state index contributed by atoms with van der Waals surface area (Å²) in [5.74, 6) is 0. The molecule has 1 saturated heterocycles. The van der Waals surface area contributed by atoms with E-state index in [0.717, 1.165) is 26.3 Å². The molecule has 9 heavy (non-hydrogen) atoms. The molecule has 0 bridgehead atoms. The standard InChI is InChI=1S/C5H11NOS2/c1-8-9-6-2-4-7-5-3-6/h2-5H2,1H3. The van der Waals surface area contributed by atoms with Crippen molar-refractivity contribution in [3.8, 4) is 0 Å². The molecule has 0 saturated carbocycles. The molecule has 1 aliphatic rings. The molecule has 0 N–H and O–H groups in total. The zero-order valence-corrected chi connectivity index (χ0v) is 7.13. The average molecular weight is 165 g/mol. The molecular weight excluding hydrogens is 154 g/mol. The molecule has 0 aromatic heterocycles. The third-order valence-electron chi connectivity index (χ3n) is 1.15. The van der Waals surface area contributed by atoms with Gasteiger partial charge < -0.3 is 4.74 Å². The maximum atomic E-state index is 5.18. The smallest absolute Gasteiger partial charge is 0.0603 e. The minimum atomic E-state index is 0.896. The lowest BCUT2D eigenvalue weighted by Crippen LogP contribution is -2.30. The van der Waals surface area contributed by atoms with Gasteiger partial charge in [-0.15, -0.1) is 0 Å². The predicted octanol–water partition coefficient (Wildman–Crippen LogP) is 1.24. The second kappa shape index (κ2) is 4.44. The van der Waals surface area contributed by atoms with E-state index >= 15 is 0 Å². The van der Waals surface area contributed by atoms with Gasteiger partial charge in [0.15, 0.2) is 0 Å². The van der Waals surface area contributed by atoms with Crippen molar-refractivity contribution in [2.75, 3.05) is 32.6 Å². The van der Waals surface area contributed by atoms with Crippen LogP contribution in [0.2, 0.25) is 0 Å². The van der Waals surface area contributed by atoms with Crippen LogP contribution in [0.1, 0.15) is 0 Å². The van der Waals surface area contributed by atoms with Crippen molar-refractivity contribution < 1.29 is 4.74 Å². The first-order chi connectivity index (χ1) is 4.43. The van der Waals surface area contributed by atoms with Crippen molar-refractivity contribution in [1.82, 2.24) is 4.31 Å². The number of morpholine rings is 1. The van der Waals surface area contributed by atoms with E-state index in [1.165, 1.54) is 0 Å². The lowest BCUT2D eigenvalue weighted by Gasteiger charge is -2.23. The molecule has 0 unspecified atom stereocenters. The highest BCUT2D eigenvalue weighted by molar-refractivity contribution is 8.75. The Bertz CT molecular complexity index is 72.6. The van der Waals surface area contributed by atoms with Gasteiger partial charge in [-0.05, 0) is 17.2 Å². The van der Waals surface area contributed by atoms with Gasteiger partial charge in [0.2, 0.25) is 0 Å². The van der Waals surface area contributed by atoms with Crippen LogP contribution in [0.4, 0.5) is 0 Å². The van der Waals surface area contributed by atoms with E-state index in [0.29, 0.717) is 0 Å². The Kier molecular flexibility index (Phi) is 3.81. The van der Waals surface area contributed by atoms with E-state index in [1.807, 2.05) is 11.0 Å². The fraction of sp³-hybridized carbons (Fsp3) is 1.00. The molecule has 0 radical (unpaired) electrons. The lowest BCUT2D eigenvalue weighted by atomic mass is 10.5. The summed E-state index contributed by atoms with van der Waals surface area (Å²) in [6.07, 6.45) is 2.10. The SMILES string of the molecule is CSSN1CCOCC1. The average Bonchev–Trinajstić information content (AvgIpc) is 1.91. The zero-order valence-electron chi connectivity index (χ0n) is 5.50. The van der Waals surface area contributed by atoms with Gasteiger partial charge in [-0.25, -0.2) is 4.31 Å². The van der Waals surface area contributed by atoms with Gasteiger partial charge in [-0.1, -0.05) is 10.8 Å². The summed E-state index contributed by atoms with van der Waals surface area (Å²) >= 11 is 0. The Balaban J connectivity index is 2.08.